The number of benzene rings is 2. The summed E-state index contributed by atoms with van der Waals surface area (Å²) < 4.78 is 0. The molecular weight excluding hydrogens is 302 g/mol. The summed E-state index contributed by atoms with van der Waals surface area (Å²) in [6.07, 6.45) is 3.30. The van der Waals surface area contributed by atoms with Gasteiger partial charge in [-0.05, 0) is 48.9 Å². The second-order valence-corrected chi connectivity index (χ2v) is 6.84. The van der Waals surface area contributed by atoms with Crippen LogP contribution in [0, 0.1) is 0 Å². The van der Waals surface area contributed by atoms with Gasteiger partial charge in [0.1, 0.15) is 0 Å². The Hall–Kier alpha value is -2.49. The first-order valence-corrected chi connectivity index (χ1v) is 8.50. The molecule has 124 valence electrons. The van der Waals surface area contributed by atoms with Crippen LogP contribution in [-0.2, 0) is 13.0 Å². The summed E-state index contributed by atoms with van der Waals surface area (Å²) in [7, 11) is 0. The molecule has 2 N–H and O–H groups in total. The Morgan fingerprint density at radius 3 is 2.75 bits per heavy atom. The van der Waals surface area contributed by atoms with E-state index in [1.807, 2.05) is 4.90 Å². The van der Waals surface area contributed by atoms with E-state index in [0.717, 1.165) is 24.8 Å². The topological polar surface area (TPSA) is 60.8 Å². The highest BCUT2D eigenvalue weighted by Crippen LogP contribution is 2.41. The van der Waals surface area contributed by atoms with Gasteiger partial charge in [0.15, 0.2) is 11.5 Å². The second kappa shape index (κ2) is 5.55. The molecule has 0 aromatic heterocycles. The minimum atomic E-state index is -0.295. The van der Waals surface area contributed by atoms with E-state index >= 15 is 0 Å². The number of hydrogen-bond acceptors (Lipinski definition) is 3. The molecule has 4 heteroatoms. The first-order chi connectivity index (χ1) is 11.6. The number of carbonyl (C=O) groups excluding carboxylic acids is 1. The van der Waals surface area contributed by atoms with E-state index in [1.165, 1.54) is 17.2 Å². The number of rotatable bonds is 2. The molecule has 0 saturated heterocycles. The molecule has 1 heterocycles. The van der Waals surface area contributed by atoms with Gasteiger partial charge in [-0.15, -0.1) is 0 Å². The molecule has 0 saturated carbocycles. The fourth-order valence-electron chi connectivity index (χ4n) is 4.23. The van der Waals surface area contributed by atoms with Gasteiger partial charge < -0.3 is 15.1 Å². The minimum Gasteiger partial charge on any atom is -0.504 e. The van der Waals surface area contributed by atoms with Gasteiger partial charge in [0, 0.05) is 18.5 Å². The lowest BCUT2D eigenvalue weighted by molar-refractivity contribution is 0.0682. The van der Waals surface area contributed by atoms with E-state index in [2.05, 4.69) is 31.2 Å². The summed E-state index contributed by atoms with van der Waals surface area (Å²) >= 11 is 0. The standard InChI is InChI=1S/C20H21NO3/c1-12(15-8-4-6-13-5-2-3-7-16(13)15)21-11-14-9-10-17(22)19(23)18(14)20(21)24/h2-3,5,7,9-10,12,15,22-23H,4,6,8,11H2,1H3/t12-,15?/m1/s1. The summed E-state index contributed by atoms with van der Waals surface area (Å²) in [6.45, 7) is 2.58. The predicted molar refractivity (Wildman–Crippen MR) is 91.2 cm³/mol. The maximum Gasteiger partial charge on any atom is 0.258 e. The Morgan fingerprint density at radius 1 is 1.12 bits per heavy atom. The van der Waals surface area contributed by atoms with Crippen LogP contribution < -0.4 is 0 Å². The van der Waals surface area contributed by atoms with E-state index < -0.39 is 0 Å². The number of carbonyl (C=O) groups is 1. The van der Waals surface area contributed by atoms with Crippen LogP contribution in [0.4, 0.5) is 0 Å². The van der Waals surface area contributed by atoms with Crippen molar-refractivity contribution >= 4 is 5.91 Å². The minimum absolute atomic E-state index is 0.0490. The van der Waals surface area contributed by atoms with Crippen molar-refractivity contribution in [2.45, 2.75) is 44.7 Å². The van der Waals surface area contributed by atoms with Crippen molar-refractivity contribution in [3.8, 4) is 11.5 Å². The summed E-state index contributed by atoms with van der Waals surface area (Å²) in [5.74, 6) is -0.409. The molecule has 1 amide bonds. The summed E-state index contributed by atoms with van der Waals surface area (Å²) in [6, 6.07) is 11.7. The van der Waals surface area contributed by atoms with Crippen LogP contribution in [0.25, 0.3) is 0 Å². The van der Waals surface area contributed by atoms with E-state index in [4.69, 9.17) is 0 Å². The molecule has 1 aliphatic heterocycles. The van der Waals surface area contributed by atoms with E-state index in [1.54, 1.807) is 6.07 Å². The highest BCUT2D eigenvalue weighted by molar-refractivity contribution is 6.01. The van der Waals surface area contributed by atoms with Gasteiger partial charge in [-0.1, -0.05) is 30.3 Å². The predicted octanol–water partition coefficient (Wildman–Crippen LogP) is 3.56. The smallest absolute Gasteiger partial charge is 0.258 e. The molecule has 2 aromatic carbocycles. The molecule has 2 aliphatic rings. The van der Waals surface area contributed by atoms with E-state index in [0.29, 0.717) is 12.5 Å². The van der Waals surface area contributed by atoms with Crippen molar-refractivity contribution in [3.63, 3.8) is 0 Å². The molecule has 4 nitrogen and oxygen atoms in total. The van der Waals surface area contributed by atoms with Crippen LogP contribution in [-0.4, -0.2) is 27.1 Å². The molecule has 2 aromatic rings. The third kappa shape index (κ3) is 2.17. The number of phenols is 2. The van der Waals surface area contributed by atoms with Gasteiger partial charge in [-0.25, -0.2) is 0 Å². The highest BCUT2D eigenvalue weighted by Gasteiger charge is 2.38. The number of hydrogen-bond donors (Lipinski definition) is 2. The summed E-state index contributed by atoms with van der Waals surface area (Å²) in [5, 5.41) is 19.7. The van der Waals surface area contributed by atoms with Crippen molar-refractivity contribution < 1.29 is 15.0 Å². The van der Waals surface area contributed by atoms with Crippen LogP contribution in [0.5, 0.6) is 11.5 Å². The lowest BCUT2D eigenvalue weighted by atomic mass is 9.79. The monoisotopic (exact) mass is 323 g/mol. The number of aryl methyl sites for hydroxylation is 1. The van der Waals surface area contributed by atoms with Gasteiger partial charge in [-0.2, -0.15) is 0 Å². The van der Waals surface area contributed by atoms with Gasteiger partial charge in [0.05, 0.1) is 5.56 Å². The SMILES string of the molecule is C[C@H](C1CCCc2ccccc21)N1Cc2ccc(O)c(O)c2C1=O. The van der Waals surface area contributed by atoms with Crippen LogP contribution in [0.3, 0.4) is 0 Å². The largest absolute Gasteiger partial charge is 0.504 e. The quantitative estimate of drug-likeness (QED) is 0.831. The molecule has 24 heavy (non-hydrogen) atoms. The number of aromatic hydroxyl groups is 2. The summed E-state index contributed by atoms with van der Waals surface area (Å²) in [5.41, 5.74) is 3.76. The zero-order valence-corrected chi connectivity index (χ0v) is 13.7. The lowest BCUT2D eigenvalue weighted by Crippen LogP contribution is -2.38. The third-order valence-corrected chi connectivity index (χ3v) is 5.55. The zero-order valence-electron chi connectivity index (χ0n) is 13.7. The van der Waals surface area contributed by atoms with Crippen molar-refractivity contribution in [1.82, 2.24) is 4.90 Å². The Kier molecular flexibility index (Phi) is 3.48. The van der Waals surface area contributed by atoms with Crippen LogP contribution >= 0.6 is 0 Å². The van der Waals surface area contributed by atoms with Crippen LogP contribution in [0.2, 0.25) is 0 Å². The molecule has 1 aliphatic carbocycles. The summed E-state index contributed by atoms with van der Waals surface area (Å²) in [4.78, 5) is 14.7. The molecule has 1 unspecified atom stereocenters. The first kappa shape index (κ1) is 15.1. The molecule has 0 fully saturated rings. The van der Waals surface area contributed by atoms with Crippen molar-refractivity contribution in [1.29, 1.82) is 0 Å². The van der Waals surface area contributed by atoms with E-state index in [9.17, 15) is 15.0 Å². The molecular formula is C20H21NO3. The highest BCUT2D eigenvalue weighted by atomic mass is 16.3. The van der Waals surface area contributed by atoms with Gasteiger partial charge in [0.25, 0.3) is 5.91 Å². The first-order valence-electron chi connectivity index (χ1n) is 8.50. The molecule has 0 bridgehead atoms. The Labute approximate surface area is 141 Å². The van der Waals surface area contributed by atoms with Crippen molar-refractivity contribution in [2.75, 3.05) is 0 Å². The van der Waals surface area contributed by atoms with Gasteiger partial charge >= 0.3 is 0 Å². The van der Waals surface area contributed by atoms with Gasteiger partial charge in [-0.3, -0.25) is 4.79 Å². The average molecular weight is 323 g/mol. The number of nitrogens with zero attached hydrogens (tertiary/aromatic N) is 1. The van der Waals surface area contributed by atoms with Crippen LogP contribution in [0.1, 0.15) is 52.7 Å². The van der Waals surface area contributed by atoms with Crippen molar-refractivity contribution in [3.05, 3.63) is 58.7 Å². The third-order valence-electron chi connectivity index (χ3n) is 5.55. The zero-order chi connectivity index (χ0) is 16.8. The number of amides is 1. The van der Waals surface area contributed by atoms with Crippen LogP contribution in [0.15, 0.2) is 36.4 Å². The lowest BCUT2D eigenvalue weighted by Gasteiger charge is -2.35. The van der Waals surface area contributed by atoms with Crippen molar-refractivity contribution in [2.24, 2.45) is 0 Å². The molecule has 0 radical (unpaired) electrons. The second-order valence-electron chi connectivity index (χ2n) is 6.84. The fourth-order valence-corrected chi connectivity index (χ4v) is 4.23. The number of fused-ring (bicyclic) bond motifs is 2. The Bertz CT molecular complexity index is 815. The Balaban J connectivity index is 1.67. The average Bonchev–Trinajstić information content (AvgIpc) is 2.94. The maximum atomic E-state index is 12.8. The maximum absolute atomic E-state index is 12.8. The number of phenolic OH excluding ortho intramolecular Hbond substituents is 2. The Morgan fingerprint density at radius 2 is 1.92 bits per heavy atom. The van der Waals surface area contributed by atoms with E-state index in [-0.39, 0.29) is 29.0 Å². The fraction of sp³-hybridized carbons (Fsp3) is 0.350. The normalized spacial score (nSPS) is 20.6. The van der Waals surface area contributed by atoms with Gasteiger partial charge in [0.2, 0.25) is 0 Å². The molecule has 0 spiro atoms. The molecule has 4 rings (SSSR count). The molecule has 2 atom stereocenters.